The maximum atomic E-state index is 5.72. The number of aromatic nitrogens is 1. The highest BCUT2D eigenvalue weighted by atomic mass is 16.5. The summed E-state index contributed by atoms with van der Waals surface area (Å²) in [5.74, 6) is 0. The molecule has 0 radical (unpaired) electrons. The zero-order chi connectivity index (χ0) is 16.6. The Morgan fingerprint density at radius 3 is 1.75 bits per heavy atom. The first-order chi connectivity index (χ1) is 11.9. The lowest BCUT2D eigenvalue weighted by Crippen LogP contribution is -2.12. The second-order valence-electron chi connectivity index (χ2n) is 5.61. The Hall–Kier alpha value is -1.88. The average Bonchev–Trinajstić information content (AvgIpc) is 2.95. The zero-order valence-corrected chi connectivity index (χ0v) is 14.2. The minimum atomic E-state index is 0.611. The van der Waals surface area contributed by atoms with Crippen LogP contribution in [0.4, 0.5) is 0 Å². The van der Waals surface area contributed by atoms with Crippen molar-refractivity contribution in [3.05, 3.63) is 48.5 Å². The minimum absolute atomic E-state index is 0.611. The summed E-state index contributed by atoms with van der Waals surface area (Å²) >= 11 is 0. The summed E-state index contributed by atoms with van der Waals surface area (Å²) in [6.45, 7) is 6.74. The van der Waals surface area contributed by atoms with E-state index in [1.807, 2.05) is 6.92 Å². The summed E-state index contributed by atoms with van der Waals surface area (Å²) in [6, 6.07) is 17.1. The Morgan fingerprint density at radius 2 is 1.17 bits per heavy atom. The third kappa shape index (κ3) is 3.96. The van der Waals surface area contributed by atoms with Gasteiger partial charge >= 0.3 is 0 Å². The molecule has 3 rings (SSSR count). The normalized spacial score (nSPS) is 11.5. The molecule has 0 bridgehead atoms. The first-order valence-corrected chi connectivity index (χ1v) is 8.61. The van der Waals surface area contributed by atoms with Gasteiger partial charge in [0.2, 0.25) is 0 Å². The van der Waals surface area contributed by atoms with Gasteiger partial charge in [-0.05, 0) is 19.1 Å². The molecule has 1 heterocycles. The number of ether oxygens (including phenoxy) is 3. The van der Waals surface area contributed by atoms with Crippen molar-refractivity contribution in [1.82, 2.24) is 4.57 Å². The Kier molecular flexibility index (Phi) is 6.24. The Bertz CT molecular complexity index is 713. The van der Waals surface area contributed by atoms with Crippen molar-refractivity contribution in [2.45, 2.75) is 13.5 Å². The molecule has 128 valence electrons. The van der Waals surface area contributed by atoms with Crippen molar-refractivity contribution in [2.24, 2.45) is 0 Å². The van der Waals surface area contributed by atoms with E-state index in [-0.39, 0.29) is 0 Å². The predicted molar refractivity (Wildman–Crippen MR) is 97.6 cm³/mol. The van der Waals surface area contributed by atoms with Crippen molar-refractivity contribution < 1.29 is 14.2 Å². The Morgan fingerprint density at radius 1 is 0.667 bits per heavy atom. The molecule has 0 unspecified atom stereocenters. The van der Waals surface area contributed by atoms with E-state index in [1.54, 1.807) is 0 Å². The number of hydrogen-bond acceptors (Lipinski definition) is 3. The first-order valence-electron chi connectivity index (χ1n) is 8.61. The molecule has 24 heavy (non-hydrogen) atoms. The number of hydrogen-bond donors (Lipinski definition) is 0. The topological polar surface area (TPSA) is 32.6 Å². The largest absolute Gasteiger partial charge is 0.379 e. The molecule has 0 fully saturated rings. The van der Waals surface area contributed by atoms with Gasteiger partial charge in [0.05, 0.1) is 33.0 Å². The molecule has 0 saturated heterocycles. The van der Waals surface area contributed by atoms with Gasteiger partial charge in [0.1, 0.15) is 0 Å². The highest BCUT2D eigenvalue weighted by Crippen LogP contribution is 2.28. The molecule has 0 atom stereocenters. The third-order valence-electron chi connectivity index (χ3n) is 4.09. The van der Waals surface area contributed by atoms with Crippen LogP contribution < -0.4 is 0 Å². The van der Waals surface area contributed by atoms with E-state index >= 15 is 0 Å². The molecule has 0 amide bonds. The molecular formula is C20H25NO3. The maximum Gasteiger partial charge on any atom is 0.0701 e. The van der Waals surface area contributed by atoms with Gasteiger partial charge in [-0.3, -0.25) is 0 Å². The fourth-order valence-corrected chi connectivity index (χ4v) is 2.98. The molecule has 2 aromatic carbocycles. The van der Waals surface area contributed by atoms with Gasteiger partial charge < -0.3 is 18.8 Å². The fraction of sp³-hybridized carbons (Fsp3) is 0.400. The summed E-state index contributed by atoms with van der Waals surface area (Å²) in [5.41, 5.74) is 2.52. The van der Waals surface area contributed by atoms with Crippen LogP contribution >= 0.6 is 0 Å². The number of fused-ring (bicyclic) bond motifs is 3. The van der Waals surface area contributed by atoms with Crippen LogP contribution in [0.1, 0.15) is 6.92 Å². The van der Waals surface area contributed by atoms with Gasteiger partial charge in [-0.1, -0.05) is 36.4 Å². The fourth-order valence-electron chi connectivity index (χ4n) is 2.98. The van der Waals surface area contributed by atoms with Crippen LogP contribution in [0.2, 0.25) is 0 Å². The summed E-state index contributed by atoms with van der Waals surface area (Å²) in [4.78, 5) is 0. The summed E-state index contributed by atoms with van der Waals surface area (Å²) in [5, 5.41) is 2.60. The lowest BCUT2D eigenvalue weighted by atomic mass is 10.2. The standard InChI is InChI=1S/C20H25NO3/c1-2-22-13-14-24-16-15-23-12-11-21-19-9-5-3-7-17(19)18-8-4-6-10-20(18)21/h3-10H,2,11-16H2,1H3. The van der Waals surface area contributed by atoms with E-state index in [0.29, 0.717) is 33.0 Å². The molecule has 4 heteroatoms. The van der Waals surface area contributed by atoms with E-state index in [0.717, 1.165) is 13.2 Å². The van der Waals surface area contributed by atoms with E-state index in [1.165, 1.54) is 21.8 Å². The molecule has 0 saturated carbocycles. The van der Waals surface area contributed by atoms with Crippen LogP contribution in [0.25, 0.3) is 21.8 Å². The van der Waals surface area contributed by atoms with Gasteiger partial charge in [0.15, 0.2) is 0 Å². The molecule has 0 aliphatic heterocycles. The number of rotatable bonds is 10. The van der Waals surface area contributed by atoms with Crippen LogP contribution in [0.3, 0.4) is 0 Å². The summed E-state index contributed by atoms with van der Waals surface area (Å²) < 4.78 is 18.7. The van der Waals surface area contributed by atoms with Crippen LogP contribution in [0, 0.1) is 0 Å². The second-order valence-corrected chi connectivity index (χ2v) is 5.61. The Balaban J connectivity index is 1.54. The SMILES string of the molecule is CCOCCOCCOCCn1c2ccccc2c2ccccc21. The predicted octanol–water partition coefficient (Wildman–Crippen LogP) is 3.86. The van der Waals surface area contributed by atoms with Crippen LogP contribution in [-0.2, 0) is 20.8 Å². The first kappa shape index (κ1) is 17.0. The second kappa shape index (κ2) is 8.83. The van der Waals surface area contributed by atoms with Crippen LogP contribution in [0.5, 0.6) is 0 Å². The van der Waals surface area contributed by atoms with Crippen LogP contribution in [0.15, 0.2) is 48.5 Å². The summed E-state index contributed by atoms with van der Waals surface area (Å²) in [7, 11) is 0. The van der Waals surface area contributed by atoms with Crippen molar-refractivity contribution >= 4 is 21.8 Å². The van der Waals surface area contributed by atoms with Gasteiger partial charge in [0.25, 0.3) is 0 Å². The highest BCUT2D eigenvalue weighted by Gasteiger charge is 2.08. The van der Waals surface area contributed by atoms with Crippen molar-refractivity contribution in [3.63, 3.8) is 0 Å². The minimum Gasteiger partial charge on any atom is -0.379 e. The molecule has 1 aromatic heterocycles. The van der Waals surface area contributed by atoms with Crippen molar-refractivity contribution in [3.8, 4) is 0 Å². The molecule has 4 nitrogen and oxygen atoms in total. The Labute approximate surface area is 142 Å². The molecule has 0 aliphatic carbocycles. The van der Waals surface area contributed by atoms with Crippen molar-refractivity contribution in [2.75, 3.05) is 39.6 Å². The van der Waals surface area contributed by atoms with E-state index in [9.17, 15) is 0 Å². The average molecular weight is 327 g/mol. The van der Waals surface area contributed by atoms with Gasteiger partial charge in [-0.25, -0.2) is 0 Å². The molecule has 0 aliphatic rings. The number of benzene rings is 2. The lowest BCUT2D eigenvalue weighted by molar-refractivity contribution is 0.0157. The van der Waals surface area contributed by atoms with Crippen LogP contribution in [-0.4, -0.2) is 44.2 Å². The smallest absolute Gasteiger partial charge is 0.0701 e. The number of para-hydroxylation sites is 2. The number of nitrogens with zero attached hydrogens (tertiary/aromatic N) is 1. The van der Waals surface area contributed by atoms with E-state index < -0.39 is 0 Å². The molecule has 0 N–H and O–H groups in total. The van der Waals surface area contributed by atoms with Gasteiger partial charge in [-0.15, -0.1) is 0 Å². The highest BCUT2D eigenvalue weighted by molar-refractivity contribution is 6.07. The quantitative estimate of drug-likeness (QED) is 0.530. The lowest BCUT2D eigenvalue weighted by Gasteiger charge is -2.09. The molecule has 0 spiro atoms. The monoisotopic (exact) mass is 327 g/mol. The molecular weight excluding hydrogens is 302 g/mol. The van der Waals surface area contributed by atoms with E-state index in [2.05, 4.69) is 53.1 Å². The summed E-state index contributed by atoms with van der Waals surface area (Å²) in [6.07, 6.45) is 0. The third-order valence-corrected chi connectivity index (χ3v) is 4.09. The van der Waals surface area contributed by atoms with Crippen molar-refractivity contribution in [1.29, 1.82) is 0 Å². The molecule has 3 aromatic rings. The van der Waals surface area contributed by atoms with Gasteiger partial charge in [0, 0.05) is 35.0 Å². The maximum absolute atomic E-state index is 5.72. The van der Waals surface area contributed by atoms with Gasteiger partial charge in [-0.2, -0.15) is 0 Å². The zero-order valence-electron chi connectivity index (χ0n) is 14.2. The van der Waals surface area contributed by atoms with E-state index in [4.69, 9.17) is 14.2 Å².